The molecule has 20 heavy (non-hydrogen) atoms. The molecule has 1 aliphatic heterocycles. The molecule has 0 aliphatic carbocycles. The number of aliphatic carboxylic acids is 1. The Labute approximate surface area is 114 Å². The van der Waals surface area contributed by atoms with E-state index in [1.54, 1.807) is 0 Å². The maximum absolute atomic E-state index is 11.2. The van der Waals surface area contributed by atoms with E-state index in [-0.39, 0.29) is 13.2 Å². The zero-order valence-corrected chi connectivity index (χ0v) is 10.5. The molecule has 1 saturated heterocycles. The number of carbonyl (C=O) groups is 1. The predicted molar refractivity (Wildman–Crippen MR) is 68.3 cm³/mol. The number of rotatable bonds is 5. The van der Waals surface area contributed by atoms with Gasteiger partial charge in [-0.2, -0.15) is 5.06 Å². The van der Waals surface area contributed by atoms with E-state index in [9.17, 15) is 15.0 Å². The van der Waals surface area contributed by atoms with Crippen LogP contribution in [0.2, 0.25) is 0 Å². The largest absolute Gasteiger partial charge is 0.480 e. The average Bonchev–Trinajstić information content (AvgIpc) is 2.75. The van der Waals surface area contributed by atoms with Crippen molar-refractivity contribution in [1.82, 2.24) is 5.06 Å². The molecule has 106 valence electrons. The summed E-state index contributed by atoms with van der Waals surface area (Å²) in [6.07, 6.45) is -1.07. The number of azide groups is 1. The molecule has 1 aliphatic rings. The molecule has 0 bridgehead atoms. The summed E-state index contributed by atoms with van der Waals surface area (Å²) in [5.41, 5.74) is 9.31. The standard InChI is InChI=1S/C12H14N4O4/c13-15-14-10-9(17)6-16(11(10)12(18)19)20-7-8-4-2-1-3-5-8/h1-5,9-11,17H,6-7H2,(H,18,19). The third kappa shape index (κ3) is 3.06. The Bertz CT molecular complexity index is 517. The van der Waals surface area contributed by atoms with Crippen molar-refractivity contribution in [2.75, 3.05) is 6.54 Å². The highest BCUT2D eigenvalue weighted by atomic mass is 16.7. The number of aliphatic hydroxyl groups excluding tert-OH is 1. The average molecular weight is 278 g/mol. The second-order valence-corrected chi connectivity index (χ2v) is 4.40. The van der Waals surface area contributed by atoms with Gasteiger partial charge in [0.1, 0.15) is 6.04 Å². The fraction of sp³-hybridized carbons (Fsp3) is 0.417. The highest BCUT2D eigenvalue weighted by molar-refractivity contribution is 5.75. The molecule has 0 radical (unpaired) electrons. The van der Waals surface area contributed by atoms with Gasteiger partial charge in [-0.25, -0.2) is 0 Å². The van der Waals surface area contributed by atoms with Gasteiger partial charge in [0.05, 0.1) is 25.3 Å². The van der Waals surface area contributed by atoms with Crippen LogP contribution >= 0.6 is 0 Å². The molecule has 0 spiro atoms. The Kier molecular flexibility index (Phi) is 4.54. The molecule has 0 amide bonds. The SMILES string of the molecule is [N-]=[N+]=NC1C(O)CN(OCc2ccccc2)C1C(=O)O. The smallest absolute Gasteiger partial charge is 0.323 e. The highest BCUT2D eigenvalue weighted by Crippen LogP contribution is 2.23. The van der Waals surface area contributed by atoms with Crippen LogP contribution < -0.4 is 0 Å². The van der Waals surface area contributed by atoms with E-state index in [4.69, 9.17) is 10.4 Å². The van der Waals surface area contributed by atoms with Crippen molar-refractivity contribution in [3.05, 3.63) is 46.3 Å². The van der Waals surface area contributed by atoms with E-state index < -0.39 is 24.2 Å². The molecular formula is C12H14N4O4. The molecule has 8 nitrogen and oxygen atoms in total. The van der Waals surface area contributed by atoms with Crippen molar-refractivity contribution < 1.29 is 19.8 Å². The zero-order chi connectivity index (χ0) is 14.5. The van der Waals surface area contributed by atoms with Gasteiger partial charge < -0.3 is 10.2 Å². The lowest BCUT2D eigenvalue weighted by Crippen LogP contribution is -2.41. The topological polar surface area (TPSA) is 119 Å². The van der Waals surface area contributed by atoms with E-state index in [1.165, 1.54) is 0 Å². The predicted octanol–water partition coefficient (Wildman–Crippen LogP) is 0.927. The molecule has 1 fully saturated rings. The summed E-state index contributed by atoms with van der Waals surface area (Å²) in [5, 5.41) is 23.4. The van der Waals surface area contributed by atoms with Gasteiger partial charge >= 0.3 is 5.97 Å². The van der Waals surface area contributed by atoms with Gasteiger partial charge in [0, 0.05) is 4.91 Å². The molecule has 3 atom stereocenters. The summed E-state index contributed by atoms with van der Waals surface area (Å²) in [7, 11) is 0. The Balaban J connectivity index is 2.07. The van der Waals surface area contributed by atoms with Crippen LogP contribution in [0.25, 0.3) is 10.4 Å². The normalized spacial score (nSPS) is 26.1. The molecule has 1 heterocycles. The Hall–Kier alpha value is -2.12. The number of hydrogen-bond acceptors (Lipinski definition) is 5. The number of aliphatic hydroxyl groups is 1. The fourth-order valence-electron chi connectivity index (χ4n) is 2.12. The Morgan fingerprint density at radius 2 is 2.20 bits per heavy atom. The molecule has 0 saturated carbocycles. The Morgan fingerprint density at radius 1 is 1.50 bits per heavy atom. The van der Waals surface area contributed by atoms with E-state index in [0.29, 0.717) is 0 Å². The molecular weight excluding hydrogens is 264 g/mol. The highest BCUT2D eigenvalue weighted by Gasteiger charge is 2.46. The van der Waals surface area contributed by atoms with Crippen LogP contribution in [0.3, 0.4) is 0 Å². The molecule has 8 heteroatoms. The molecule has 1 aromatic rings. The second-order valence-electron chi connectivity index (χ2n) is 4.40. The summed E-state index contributed by atoms with van der Waals surface area (Å²) in [6.45, 7) is 0.161. The lowest BCUT2D eigenvalue weighted by atomic mass is 10.1. The first-order valence-electron chi connectivity index (χ1n) is 6.02. The molecule has 2 rings (SSSR count). The van der Waals surface area contributed by atoms with Crippen molar-refractivity contribution >= 4 is 5.97 Å². The lowest BCUT2D eigenvalue weighted by molar-refractivity contribution is -0.195. The van der Waals surface area contributed by atoms with Gasteiger partial charge in [0.25, 0.3) is 0 Å². The molecule has 2 N–H and O–H groups in total. The lowest BCUT2D eigenvalue weighted by Gasteiger charge is -2.21. The third-order valence-corrected chi connectivity index (χ3v) is 3.07. The van der Waals surface area contributed by atoms with Crippen LogP contribution in [-0.4, -0.2) is 46.0 Å². The van der Waals surface area contributed by atoms with Crippen LogP contribution in [0.1, 0.15) is 5.56 Å². The quantitative estimate of drug-likeness (QED) is 0.471. The van der Waals surface area contributed by atoms with Crippen LogP contribution in [0.5, 0.6) is 0 Å². The first-order valence-corrected chi connectivity index (χ1v) is 6.02. The summed E-state index contributed by atoms with van der Waals surface area (Å²) in [4.78, 5) is 19.2. The fourth-order valence-corrected chi connectivity index (χ4v) is 2.12. The first-order chi connectivity index (χ1) is 9.63. The number of carboxylic acid groups (broad SMARTS) is 1. The van der Waals surface area contributed by atoms with Crippen LogP contribution in [0.4, 0.5) is 0 Å². The number of β-amino-alcohol motifs (C(OH)–C–C–N with tert-alkyl or cyclic N) is 1. The maximum atomic E-state index is 11.2. The second kappa shape index (κ2) is 6.36. The zero-order valence-electron chi connectivity index (χ0n) is 10.5. The van der Waals surface area contributed by atoms with Gasteiger partial charge in [-0.05, 0) is 11.1 Å². The number of nitrogens with zero attached hydrogens (tertiary/aromatic N) is 4. The summed E-state index contributed by atoms with van der Waals surface area (Å²) in [6, 6.07) is 6.98. The number of benzene rings is 1. The van der Waals surface area contributed by atoms with Crippen molar-refractivity contribution in [2.45, 2.75) is 24.8 Å². The van der Waals surface area contributed by atoms with Gasteiger partial charge in [-0.15, -0.1) is 0 Å². The number of hydrogen-bond donors (Lipinski definition) is 2. The van der Waals surface area contributed by atoms with Gasteiger partial charge in [0.2, 0.25) is 0 Å². The van der Waals surface area contributed by atoms with Crippen LogP contribution in [0.15, 0.2) is 35.4 Å². The summed E-state index contributed by atoms with van der Waals surface area (Å²) in [5.74, 6) is -1.20. The van der Waals surface area contributed by atoms with E-state index in [1.807, 2.05) is 30.3 Å². The monoisotopic (exact) mass is 278 g/mol. The minimum absolute atomic E-state index is 0.0204. The van der Waals surface area contributed by atoms with Gasteiger partial charge in [-0.1, -0.05) is 35.4 Å². The summed E-state index contributed by atoms with van der Waals surface area (Å²) >= 11 is 0. The Morgan fingerprint density at radius 3 is 2.80 bits per heavy atom. The minimum atomic E-state index is -1.20. The molecule has 1 aromatic carbocycles. The number of carboxylic acids is 1. The number of hydroxylamine groups is 2. The molecule has 0 aromatic heterocycles. The van der Waals surface area contributed by atoms with Crippen molar-refractivity contribution in [1.29, 1.82) is 0 Å². The molecule has 3 unspecified atom stereocenters. The van der Waals surface area contributed by atoms with Crippen LogP contribution in [-0.2, 0) is 16.2 Å². The van der Waals surface area contributed by atoms with Gasteiger partial charge in [-0.3, -0.25) is 9.63 Å². The van der Waals surface area contributed by atoms with E-state index in [2.05, 4.69) is 10.0 Å². The van der Waals surface area contributed by atoms with Crippen LogP contribution in [0, 0.1) is 0 Å². The van der Waals surface area contributed by atoms with Crippen molar-refractivity contribution in [3.8, 4) is 0 Å². The van der Waals surface area contributed by atoms with E-state index >= 15 is 0 Å². The van der Waals surface area contributed by atoms with E-state index in [0.717, 1.165) is 10.6 Å². The van der Waals surface area contributed by atoms with Crippen molar-refractivity contribution in [2.24, 2.45) is 5.11 Å². The summed E-state index contributed by atoms with van der Waals surface area (Å²) < 4.78 is 0. The minimum Gasteiger partial charge on any atom is -0.480 e. The maximum Gasteiger partial charge on any atom is 0.323 e. The third-order valence-electron chi connectivity index (χ3n) is 3.07. The van der Waals surface area contributed by atoms with Crippen molar-refractivity contribution in [3.63, 3.8) is 0 Å². The first kappa shape index (κ1) is 14.3. The van der Waals surface area contributed by atoms with Gasteiger partial charge in [0.15, 0.2) is 0 Å².